The van der Waals surface area contributed by atoms with Gasteiger partial charge < -0.3 is 5.11 Å². The van der Waals surface area contributed by atoms with Crippen molar-refractivity contribution in [2.75, 3.05) is 0 Å². The number of allylic oxidation sites excluding steroid dienone is 1. The first-order valence-corrected chi connectivity index (χ1v) is 2.63. The Hall–Kier alpha value is -0.790. The predicted octanol–water partition coefficient (Wildman–Crippen LogP) is 0.984. The van der Waals surface area contributed by atoms with E-state index in [9.17, 15) is 4.79 Å². The molecule has 0 heterocycles. The van der Waals surface area contributed by atoms with Gasteiger partial charge in [-0.05, 0) is 25.3 Å². The van der Waals surface area contributed by atoms with Crippen molar-refractivity contribution in [1.82, 2.24) is 0 Å². The Kier molecular flexibility index (Phi) is 1.33. The second kappa shape index (κ2) is 1.99. The van der Waals surface area contributed by atoms with Crippen LogP contribution in [0.5, 0.6) is 0 Å². The molecule has 0 fully saturated rings. The van der Waals surface area contributed by atoms with Gasteiger partial charge in [0, 0.05) is 5.57 Å². The highest BCUT2D eigenvalue weighted by Gasteiger charge is 2.10. The van der Waals surface area contributed by atoms with E-state index in [2.05, 4.69) is 6.08 Å². The quantitative estimate of drug-likeness (QED) is 0.547. The van der Waals surface area contributed by atoms with E-state index >= 15 is 0 Å². The summed E-state index contributed by atoms with van der Waals surface area (Å²) in [5, 5.41) is 8.31. The van der Waals surface area contributed by atoms with Crippen LogP contribution in [0.3, 0.4) is 0 Å². The van der Waals surface area contributed by atoms with E-state index < -0.39 is 5.97 Å². The summed E-state index contributed by atoms with van der Waals surface area (Å²) in [6, 6.07) is 0. The van der Waals surface area contributed by atoms with Crippen molar-refractivity contribution in [2.45, 2.75) is 19.3 Å². The maximum atomic E-state index is 10.1. The fraction of sp³-hybridized carbons (Fsp3) is 0.500. The van der Waals surface area contributed by atoms with E-state index in [0.717, 1.165) is 12.8 Å². The molecule has 1 aliphatic rings. The molecule has 1 N–H and O–H groups in total. The van der Waals surface area contributed by atoms with Crippen molar-refractivity contribution in [3.05, 3.63) is 11.6 Å². The molecule has 0 saturated carbocycles. The second-order valence-electron chi connectivity index (χ2n) is 1.81. The highest BCUT2D eigenvalue weighted by atomic mass is 16.4. The molecule has 0 aliphatic heterocycles. The van der Waals surface area contributed by atoms with Crippen LogP contribution in [0.15, 0.2) is 5.57 Å². The Labute approximate surface area is 47.8 Å². The summed E-state index contributed by atoms with van der Waals surface area (Å²) in [6.45, 7) is 0. The standard InChI is InChI=1S/C6H7O2/c7-6(8)5-3-1-2-4-5/h1-3H2,(H,7,8). The predicted molar refractivity (Wildman–Crippen MR) is 28.2 cm³/mol. The minimum Gasteiger partial charge on any atom is -0.478 e. The molecule has 8 heavy (non-hydrogen) atoms. The summed E-state index contributed by atoms with van der Waals surface area (Å²) in [6.07, 6.45) is 5.26. The average Bonchev–Trinajstić information content (AvgIpc) is 2.12. The van der Waals surface area contributed by atoms with Crippen LogP contribution in [0.4, 0.5) is 0 Å². The molecule has 2 nitrogen and oxygen atoms in total. The van der Waals surface area contributed by atoms with Gasteiger partial charge in [0.2, 0.25) is 0 Å². The van der Waals surface area contributed by atoms with Gasteiger partial charge in [0.1, 0.15) is 0 Å². The number of rotatable bonds is 1. The maximum absolute atomic E-state index is 10.1. The largest absolute Gasteiger partial charge is 0.478 e. The number of carbonyl (C=O) groups is 1. The van der Waals surface area contributed by atoms with Crippen molar-refractivity contribution >= 4 is 5.97 Å². The Morgan fingerprint density at radius 1 is 1.75 bits per heavy atom. The first-order valence-electron chi connectivity index (χ1n) is 2.63. The molecule has 0 aromatic heterocycles. The van der Waals surface area contributed by atoms with Gasteiger partial charge >= 0.3 is 5.97 Å². The smallest absolute Gasteiger partial charge is 0.331 e. The minimum atomic E-state index is -0.803. The molecule has 2 heteroatoms. The molecule has 0 bridgehead atoms. The lowest BCUT2D eigenvalue weighted by atomic mass is 10.2. The maximum Gasteiger partial charge on any atom is 0.331 e. The van der Waals surface area contributed by atoms with Crippen LogP contribution in [0, 0.1) is 6.08 Å². The Morgan fingerprint density at radius 3 is 2.75 bits per heavy atom. The number of carboxylic acid groups (broad SMARTS) is 1. The normalized spacial score (nSPS) is 18.2. The topological polar surface area (TPSA) is 37.3 Å². The number of aliphatic carboxylic acids is 1. The van der Waals surface area contributed by atoms with Crippen LogP contribution in [0.2, 0.25) is 0 Å². The van der Waals surface area contributed by atoms with Crippen LogP contribution < -0.4 is 0 Å². The van der Waals surface area contributed by atoms with Crippen LogP contribution in [0.1, 0.15) is 19.3 Å². The van der Waals surface area contributed by atoms with E-state index in [4.69, 9.17) is 5.11 Å². The first kappa shape index (κ1) is 5.35. The summed E-state index contributed by atoms with van der Waals surface area (Å²) in [5.74, 6) is -0.803. The van der Waals surface area contributed by atoms with Crippen molar-refractivity contribution < 1.29 is 9.90 Å². The number of hydrogen-bond acceptors (Lipinski definition) is 1. The molecule has 0 atom stereocenters. The van der Waals surface area contributed by atoms with Gasteiger partial charge in [-0.3, -0.25) is 0 Å². The molecule has 0 aromatic rings. The minimum absolute atomic E-state index is 0.463. The van der Waals surface area contributed by atoms with E-state index in [1.54, 1.807) is 0 Å². The monoisotopic (exact) mass is 111 g/mol. The van der Waals surface area contributed by atoms with Gasteiger partial charge in [0.05, 0.1) is 0 Å². The molecule has 0 aromatic carbocycles. The van der Waals surface area contributed by atoms with E-state index in [1.165, 1.54) is 0 Å². The van der Waals surface area contributed by atoms with Crippen molar-refractivity contribution in [3.63, 3.8) is 0 Å². The van der Waals surface area contributed by atoms with Gasteiger partial charge in [-0.1, -0.05) is 0 Å². The summed E-state index contributed by atoms with van der Waals surface area (Å²) in [5.41, 5.74) is 0.463. The molecule has 43 valence electrons. The van der Waals surface area contributed by atoms with Gasteiger partial charge in [0.15, 0.2) is 0 Å². The molecule has 0 unspecified atom stereocenters. The van der Waals surface area contributed by atoms with Gasteiger partial charge in [-0.25, -0.2) is 4.79 Å². The van der Waals surface area contributed by atoms with Crippen LogP contribution in [-0.2, 0) is 4.79 Å². The zero-order chi connectivity index (χ0) is 5.98. The lowest BCUT2D eigenvalue weighted by Crippen LogP contribution is -1.96. The molecule has 0 saturated heterocycles. The lowest BCUT2D eigenvalue weighted by Gasteiger charge is -1.86. The highest BCUT2D eigenvalue weighted by Crippen LogP contribution is 2.15. The van der Waals surface area contributed by atoms with Gasteiger partial charge in [0.25, 0.3) is 0 Å². The summed E-state index contributed by atoms with van der Waals surface area (Å²) in [4.78, 5) is 10.1. The van der Waals surface area contributed by atoms with E-state index in [1.807, 2.05) is 0 Å². The number of hydrogen-bond donors (Lipinski definition) is 1. The third kappa shape index (κ3) is 0.886. The van der Waals surface area contributed by atoms with E-state index in [0.29, 0.717) is 12.0 Å². The van der Waals surface area contributed by atoms with Crippen LogP contribution in [0.25, 0.3) is 0 Å². The summed E-state index contributed by atoms with van der Waals surface area (Å²) >= 11 is 0. The third-order valence-corrected chi connectivity index (χ3v) is 1.20. The Morgan fingerprint density at radius 2 is 2.50 bits per heavy atom. The van der Waals surface area contributed by atoms with Crippen LogP contribution >= 0.6 is 0 Å². The van der Waals surface area contributed by atoms with Gasteiger partial charge in [-0.15, -0.1) is 0 Å². The lowest BCUT2D eigenvalue weighted by molar-refractivity contribution is -0.132. The van der Waals surface area contributed by atoms with Crippen molar-refractivity contribution in [1.29, 1.82) is 0 Å². The highest BCUT2D eigenvalue weighted by molar-refractivity contribution is 5.86. The molecule has 1 radical (unpaired) electrons. The summed E-state index contributed by atoms with van der Waals surface area (Å²) < 4.78 is 0. The molecule has 1 rings (SSSR count). The number of carboxylic acids is 1. The fourth-order valence-electron chi connectivity index (χ4n) is 0.775. The molecule has 1 aliphatic carbocycles. The molecular weight excluding hydrogens is 104 g/mol. The first-order chi connectivity index (χ1) is 3.80. The van der Waals surface area contributed by atoms with Crippen molar-refractivity contribution in [3.8, 4) is 0 Å². The third-order valence-electron chi connectivity index (χ3n) is 1.20. The zero-order valence-corrected chi connectivity index (χ0v) is 4.48. The molecular formula is C6H7O2. The average molecular weight is 111 g/mol. The SMILES string of the molecule is O=C(O)C1=[C]CCC1. The van der Waals surface area contributed by atoms with E-state index in [-0.39, 0.29) is 0 Å². The molecule has 0 amide bonds. The van der Waals surface area contributed by atoms with Crippen molar-refractivity contribution in [2.24, 2.45) is 0 Å². The van der Waals surface area contributed by atoms with Gasteiger partial charge in [-0.2, -0.15) is 0 Å². The van der Waals surface area contributed by atoms with Crippen LogP contribution in [-0.4, -0.2) is 11.1 Å². The Balaban J connectivity index is 2.57. The summed E-state index contributed by atoms with van der Waals surface area (Å²) in [7, 11) is 0. The zero-order valence-electron chi connectivity index (χ0n) is 4.48. The Bertz CT molecular complexity index is 135. The fourth-order valence-corrected chi connectivity index (χ4v) is 0.775. The molecule has 0 spiro atoms. The second-order valence-corrected chi connectivity index (χ2v) is 1.81.